The number of anilines is 1. The number of rotatable bonds is 5. The Morgan fingerprint density at radius 2 is 1.93 bits per heavy atom. The van der Waals surface area contributed by atoms with Crippen LogP contribution in [0.3, 0.4) is 0 Å². The second-order valence-corrected chi connectivity index (χ2v) is 7.27. The molecule has 2 aliphatic heterocycles. The largest absolute Gasteiger partial charge is 0.463 e. The van der Waals surface area contributed by atoms with Crippen molar-refractivity contribution in [3.05, 3.63) is 65.3 Å². The smallest absolute Gasteiger partial charge is 0.136 e. The van der Waals surface area contributed by atoms with Crippen LogP contribution in [0.5, 0.6) is 5.75 Å². The third-order valence-corrected chi connectivity index (χ3v) is 5.23. The van der Waals surface area contributed by atoms with E-state index in [2.05, 4.69) is 49.9 Å². The Hall–Kier alpha value is -2.93. The molecule has 0 saturated carbocycles. The van der Waals surface area contributed by atoms with Gasteiger partial charge in [-0.05, 0) is 70.6 Å². The second kappa shape index (κ2) is 8.39. The summed E-state index contributed by atoms with van der Waals surface area (Å²) in [5.41, 5.74) is 3.43. The predicted octanol–water partition coefficient (Wildman–Crippen LogP) is 5.81. The van der Waals surface area contributed by atoms with Crippen molar-refractivity contribution < 1.29 is 9.47 Å². The van der Waals surface area contributed by atoms with E-state index in [1.165, 1.54) is 0 Å². The number of ether oxygens (including phenoxy) is 2. The maximum absolute atomic E-state index is 9.23. The third kappa shape index (κ3) is 4.14. The zero-order chi connectivity index (χ0) is 20.3. The fraction of sp³-hybridized carbons (Fsp3) is 0.375. The molecule has 0 bridgehead atoms. The van der Waals surface area contributed by atoms with E-state index < -0.39 is 0 Å². The first-order valence-electron chi connectivity index (χ1n) is 9.90. The van der Waals surface area contributed by atoms with Gasteiger partial charge in [-0.1, -0.05) is 0 Å². The van der Waals surface area contributed by atoms with Crippen LogP contribution in [-0.2, 0) is 4.74 Å². The van der Waals surface area contributed by atoms with Gasteiger partial charge in [0.2, 0.25) is 0 Å². The normalized spacial score (nSPS) is 20.6. The Bertz CT molecular complexity index is 911. The van der Waals surface area contributed by atoms with Gasteiger partial charge in [0.05, 0.1) is 17.7 Å². The Kier molecular flexibility index (Phi) is 5.94. The Labute approximate surface area is 168 Å². The number of nitriles is 1. The van der Waals surface area contributed by atoms with Gasteiger partial charge in [-0.2, -0.15) is 5.26 Å². The molecule has 0 N–H and O–H groups in total. The summed E-state index contributed by atoms with van der Waals surface area (Å²) in [5, 5.41) is 9.23. The van der Waals surface area contributed by atoms with Crippen LogP contribution in [0.2, 0.25) is 0 Å². The zero-order valence-electron chi connectivity index (χ0n) is 17.3. The molecule has 1 aromatic carbocycles. The van der Waals surface area contributed by atoms with Gasteiger partial charge < -0.3 is 14.4 Å². The average molecular weight is 377 g/mol. The zero-order valence-corrected chi connectivity index (χ0v) is 17.3. The van der Waals surface area contributed by atoms with Crippen LogP contribution in [0, 0.1) is 23.2 Å². The number of hydrogen-bond acceptors (Lipinski definition) is 4. The maximum Gasteiger partial charge on any atom is 0.136 e. The minimum absolute atomic E-state index is 0.0424. The van der Waals surface area contributed by atoms with E-state index in [-0.39, 0.29) is 11.8 Å². The van der Waals surface area contributed by atoms with Crippen molar-refractivity contribution in [3.8, 4) is 11.8 Å². The van der Waals surface area contributed by atoms with Crippen LogP contribution >= 0.6 is 0 Å². The summed E-state index contributed by atoms with van der Waals surface area (Å²) in [6.07, 6.45) is 7.91. The molecule has 3 rings (SSSR count). The minimum atomic E-state index is -0.103. The Balaban J connectivity index is 1.90. The molecule has 0 aliphatic carbocycles. The maximum atomic E-state index is 9.23. The summed E-state index contributed by atoms with van der Waals surface area (Å²) in [7, 11) is 0. The highest BCUT2D eigenvalue weighted by Gasteiger charge is 2.20. The quantitative estimate of drug-likeness (QED) is 0.651. The molecule has 2 unspecified atom stereocenters. The Morgan fingerprint density at radius 3 is 2.61 bits per heavy atom. The van der Waals surface area contributed by atoms with E-state index in [0.29, 0.717) is 0 Å². The van der Waals surface area contributed by atoms with Gasteiger partial charge in [-0.15, -0.1) is 0 Å². The third-order valence-electron chi connectivity index (χ3n) is 5.23. The summed E-state index contributed by atoms with van der Waals surface area (Å²) in [4.78, 5) is 2.30. The summed E-state index contributed by atoms with van der Waals surface area (Å²) in [5.74, 6) is 3.07. The van der Waals surface area contributed by atoms with Crippen molar-refractivity contribution in [2.24, 2.45) is 11.8 Å². The molecule has 0 saturated heterocycles. The van der Waals surface area contributed by atoms with E-state index in [4.69, 9.17) is 9.47 Å². The highest BCUT2D eigenvalue weighted by molar-refractivity contribution is 5.76. The molecule has 2 atom stereocenters. The monoisotopic (exact) mass is 376 g/mol. The first-order valence-corrected chi connectivity index (χ1v) is 9.90. The fourth-order valence-corrected chi connectivity index (χ4v) is 3.58. The van der Waals surface area contributed by atoms with Crippen LogP contribution in [0.25, 0.3) is 5.57 Å². The topological polar surface area (TPSA) is 45.5 Å². The first kappa shape index (κ1) is 19.8. The van der Waals surface area contributed by atoms with Gasteiger partial charge in [0.25, 0.3) is 0 Å². The number of hydrogen-bond donors (Lipinski definition) is 0. The van der Waals surface area contributed by atoms with Crippen molar-refractivity contribution in [2.75, 3.05) is 18.0 Å². The molecule has 4 nitrogen and oxygen atoms in total. The molecule has 2 heterocycles. The molecule has 28 heavy (non-hydrogen) atoms. The van der Waals surface area contributed by atoms with Gasteiger partial charge >= 0.3 is 0 Å². The average Bonchev–Trinajstić information content (AvgIpc) is 2.67. The lowest BCUT2D eigenvalue weighted by Crippen LogP contribution is -2.21. The van der Waals surface area contributed by atoms with Crippen molar-refractivity contribution in [1.29, 1.82) is 5.26 Å². The number of nitrogens with zero attached hydrogens (tertiary/aromatic N) is 2. The molecule has 0 amide bonds. The van der Waals surface area contributed by atoms with Crippen LogP contribution in [0.4, 0.5) is 5.69 Å². The summed E-state index contributed by atoms with van der Waals surface area (Å²) in [6.45, 7) is 12.1. The fourth-order valence-electron chi connectivity index (χ4n) is 3.58. The molecular weight excluding hydrogens is 348 g/mol. The SMILES string of the molecule is CCN(CC)c1ccc2c(c1)O/C(=C/C1=CC(C(C)C#N)C=C(C)O1)C=C2C. The molecule has 0 spiro atoms. The molecule has 4 heteroatoms. The number of benzene rings is 1. The number of allylic oxidation sites excluding steroid dienone is 6. The molecule has 0 aromatic heterocycles. The lowest BCUT2D eigenvalue weighted by Gasteiger charge is -2.25. The van der Waals surface area contributed by atoms with Gasteiger partial charge in [0, 0.05) is 42.4 Å². The van der Waals surface area contributed by atoms with Crippen molar-refractivity contribution >= 4 is 11.3 Å². The molecular formula is C24H28N2O2. The van der Waals surface area contributed by atoms with E-state index in [1.54, 1.807) is 0 Å². The summed E-state index contributed by atoms with van der Waals surface area (Å²) < 4.78 is 12.0. The first-order chi connectivity index (χ1) is 13.4. The van der Waals surface area contributed by atoms with Gasteiger partial charge in [0.15, 0.2) is 0 Å². The van der Waals surface area contributed by atoms with E-state index >= 15 is 0 Å². The summed E-state index contributed by atoms with van der Waals surface area (Å²) in [6, 6.07) is 8.69. The predicted molar refractivity (Wildman–Crippen MR) is 114 cm³/mol. The van der Waals surface area contributed by atoms with E-state index in [0.717, 1.165) is 52.9 Å². The number of fused-ring (bicyclic) bond motifs is 1. The van der Waals surface area contributed by atoms with Crippen molar-refractivity contribution in [1.82, 2.24) is 0 Å². The van der Waals surface area contributed by atoms with Gasteiger partial charge in [-0.3, -0.25) is 0 Å². The van der Waals surface area contributed by atoms with Gasteiger partial charge in [0.1, 0.15) is 17.3 Å². The van der Waals surface area contributed by atoms with Crippen LogP contribution < -0.4 is 9.64 Å². The highest BCUT2D eigenvalue weighted by atomic mass is 16.5. The minimum Gasteiger partial charge on any atom is -0.463 e. The second-order valence-electron chi connectivity index (χ2n) is 7.27. The molecule has 0 fully saturated rings. The van der Waals surface area contributed by atoms with Crippen LogP contribution in [0.15, 0.2) is 59.8 Å². The Morgan fingerprint density at radius 1 is 1.18 bits per heavy atom. The lowest BCUT2D eigenvalue weighted by atomic mass is 9.92. The standard InChI is InChI=1S/C24H28N2O2/c1-6-26(7-2)20-8-9-23-16(3)10-21(28-24(23)13-20)14-22-12-19(17(4)15-25)11-18(5)27-22/h8-14,17,19H,6-7H2,1-5H3/b21-14+. The van der Waals surface area contributed by atoms with E-state index in [1.807, 2.05) is 38.2 Å². The van der Waals surface area contributed by atoms with Crippen LogP contribution in [-0.4, -0.2) is 13.1 Å². The summed E-state index contributed by atoms with van der Waals surface area (Å²) >= 11 is 0. The van der Waals surface area contributed by atoms with Crippen LogP contribution in [0.1, 0.15) is 40.2 Å². The molecule has 2 aliphatic rings. The lowest BCUT2D eigenvalue weighted by molar-refractivity contribution is 0.296. The molecule has 146 valence electrons. The van der Waals surface area contributed by atoms with E-state index in [9.17, 15) is 5.26 Å². The van der Waals surface area contributed by atoms with Crippen molar-refractivity contribution in [2.45, 2.75) is 34.6 Å². The van der Waals surface area contributed by atoms with Gasteiger partial charge in [-0.25, -0.2) is 0 Å². The molecule has 1 aromatic rings. The molecule has 0 radical (unpaired) electrons. The highest BCUT2D eigenvalue weighted by Crippen LogP contribution is 2.37. The van der Waals surface area contributed by atoms with Crippen molar-refractivity contribution in [3.63, 3.8) is 0 Å².